The molecule has 9 heteroatoms. The molecule has 1 atom stereocenters. The minimum atomic E-state index is -0.926. The zero-order valence-corrected chi connectivity index (χ0v) is 15.4. The Hall–Kier alpha value is -1.80. The molecule has 1 aliphatic carbocycles. The summed E-state index contributed by atoms with van der Waals surface area (Å²) < 4.78 is 5.66. The maximum absolute atomic E-state index is 10.8. The summed E-state index contributed by atoms with van der Waals surface area (Å²) in [5.41, 5.74) is 1.04. The van der Waals surface area contributed by atoms with Crippen LogP contribution in [0.5, 0.6) is 0 Å². The van der Waals surface area contributed by atoms with Gasteiger partial charge in [-0.2, -0.15) is 4.98 Å². The summed E-state index contributed by atoms with van der Waals surface area (Å²) in [4.78, 5) is 24.1. The first-order valence-electron chi connectivity index (χ1n) is 9.21. The van der Waals surface area contributed by atoms with Gasteiger partial charge in [-0.3, -0.25) is 0 Å². The Kier molecular flexibility index (Phi) is 5.04. The first kappa shape index (κ1) is 17.6. The molecule has 8 nitrogen and oxygen atoms in total. The third kappa shape index (κ3) is 3.66. The van der Waals surface area contributed by atoms with Crippen molar-refractivity contribution in [1.82, 2.24) is 15.3 Å². The van der Waals surface area contributed by atoms with Crippen molar-refractivity contribution in [3.8, 4) is 0 Å². The number of carbonyl (C=O) groups is 1. The number of nitrogens with one attached hydrogen (secondary N) is 1. The van der Waals surface area contributed by atoms with Crippen molar-refractivity contribution >= 4 is 29.2 Å². The summed E-state index contributed by atoms with van der Waals surface area (Å²) in [6.07, 6.45) is 4.74. The van der Waals surface area contributed by atoms with Crippen LogP contribution in [-0.2, 0) is 4.74 Å². The highest BCUT2D eigenvalue weighted by molar-refractivity contribution is 6.28. The second-order valence-corrected chi connectivity index (χ2v) is 7.68. The number of hydrogen-bond acceptors (Lipinski definition) is 6. The summed E-state index contributed by atoms with van der Waals surface area (Å²) in [6, 6.07) is 0.369. The molecule has 142 valence electrons. The van der Waals surface area contributed by atoms with Crippen molar-refractivity contribution in [3.63, 3.8) is 0 Å². The molecule has 0 aromatic carbocycles. The molecule has 0 radical (unpaired) electrons. The van der Waals surface area contributed by atoms with Crippen LogP contribution in [0.4, 0.5) is 16.3 Å². The van der Waals surface area contributed by atoms with Crippen molar-refractivity contribution in [2.24, 2.45) is 5.92 Å². The fourth-order valence-electron chi connectivity index (χ4n) is 4.37. The number of anilines is 2. The predicted octanol–water partition coefficient (Wildman–Crippen LogP) is 1.98. The third-order valence-electron chi connectivity index (χ3n) is 5.64. The molecule has 3 aliphatic rings. The van der Waals surface area contributed by atoms with E-state index >= 15 is 0 Å². The Labute approximate surface area is 157 Å². The summed E-state index contributed by atoms with van der Waals surface area (Å²) in [7, 11) is 0. The second-order valence-electron chi connectivity index (χ2n) is 7.34. The minimum Gasteiger partial charge on any atom is -0.465 e. The second kappa shape index (κ2) is 7.44. The first-order valence-corrected chi connectivity index (χ1v) is 9.59. The highest BCUT2D eigenvalue weighted by Gasteiger charge is 2.36. The number of hydrogen-bond donors (Lipinski definition) is 2. The minimum absolute atomic E-state index is 0.0850. The van der Waals surface area contributed by atoms with Crippen LogP contribution in [0.15, 0.2) is 6.20 Å². The normalized spacial score (nSPS) is 28.3. The number of rotatable bonds is 3. The lowest BCUT2D eigenvalue weighted by Gasteiger charge is -2.46. The number of nitrogens with zero attached hydrogens (tertiary/aromatic N) is 4. The Balaban J connectivity index is 1.46. The molecular weight excluding hydrogens is 358 g/mol. The standard InChI is InChI=1S/C17H24ClN5O3/c18-16-19-7-14-15(21-16)23-5-6-26-10-13(23)9-22(14)8-11-1-3-12(4-2-11)20-17(24)25/h7,11-13,20H,1-6,8-10H2,(H,24,25)/t11-,12-,13-/m1/s1. The van der Waals surface area contributed by atoms with Gasteiger partial charge in [0, 0.05) is 25.7 Å². The van der Waals surface area contributed by atoms with E-state index in [2.05, 4.69) is 25.1 Å². The third-order valence-corrected chi connectivity index (χ3v) is 5.83. The van der Waals surface area contributed by atoms with Gasteiger partial charge in [-0.15, -0.1) is 0 Å². The average molecular weight is 382 g/mol. The van der Waals surface area contributed by atoms with Crippen LogP contribution < -0.4 is 15.1 Å². The first-order chi connectivity index (χ1) is 12.6. The molecule has 3 heterocycles. The molecule has 1 amide bonds. The van der Waals surface area contributed by atoms with Crippen molar-refractivity contribution in [3.05, 3.63) is 11.5 Å². The van der Waals surface area contributed by atoms with E-state index in [1.807, 2.05) is 6.20 Å². The monoisotopic (exact) mass is 381 g/mol. The van der Waals surface area contributed by atoms with Crippen molar-refractivity contribution in [1.29, 1.82) is 0 Å². The molecule has 0 bridgehead atoms. The van der Waals surface area contributed by atoms with Gasteiger partial charge in [0.25, 0.3) is 0 Å². The van der Waals surface area contributed by atoms with Gasteiger partial charge in [-0.25, -0.2) is 9.78 Å². The summed E-state index contributed by atoms with van der Waals surface area (Å²) in [5, 5.41) is 11.8. The number of carboxylic acid groups (broad SMARTS) is 1. The lowest BCUT2D eigenvalue weighted by molar-refractivity contribution is 0.0932. The summed E-state index contributed by atoms with van der Waals surface area (Å²) >= 11 is 6.05. The van der Waals surface area contributed by atoms with Crippen LogP contribution >= 0.6 is 11.6 Å². The van der Waals surface area contributed by atoms with Gasteiger partial charge < -0.3 is 25.0 Å². The number of ether oxygens (including phenoxy) is 1. The summed E-state index contributed by atoms with van der Waals surface area (Å²) in [6.45, 7) is 4.06. The van der Waals surface area contributed by atoms with Crippen LogP contribution in [0.1, 0.15) is 25.7 Å². The van der Waals surface area contributed by atoms with Gasteiger partial charge in [0.1, 0.15) is 0 Å². The number of aromatic nitrogens is 2. The SMILES string of the molecule is O=C(O)N[C@H]1CC[C@H](CN2C[C@@H]3COCCN3c3nc(Cl)ncc32)CC1. The quantitative estimate of drug-likeness (QED) is 0.773. The molecule has 1 saturated carbocycles. The molecule has 1 aromatic heterocycles. The van der Waals surface area contributed by atoms with Gasteiger partial charge >= 0.3 is 6.09 Å². The van der Waals surface area contributed by atoms with E-state index in [-0.39, 0.29) is 17.4 Å². The van der Waals surface area contributed by atoms with Crippen molar-refractivity contribution < 1.29 is 14.6 Å². The largest absolute Gasteiger partial charge is 0.465 e. The maximum Gasteiger partial charge on any atom is 0.404 e. The Bertz CT molecular complexity index is 668. The van der Waals surface area contributed by atoms with Crippen molar-refractivity contribution in [2.45, 2.75) is 37.8 Å². The molecule has 26 heavy (non-hydrogen) atoms. The van der Waals surface area contributed by atoms with E-state index < -0.39 is 6.09 Å². The van der Waals surface area contributed by atoms with E-state index in [1.54, 1.807) is 0 Å². The van der Waals surface area contributed by atoms with E-state index in [9.17, 15) is 4.79 Å². The fourth-order valence-corrected chi connectivity index (χ4v) is 4.50. The lowest BCUT2D eigenvalue weighted by atomic mass is 9.85. The van der Waals surface area contributed by atoms with Crippen LogP contribution in [0.2, 0.25) is 5.28 Å². The molecule has 1 aromatic rings. The molecule has 2 N–H and O–H groups in total. The number of morpholine rings is 1. The Morgan fingerprint density at radius 2 is 2.19 bits per heavy atom. The van der Waals surface area contributed by atoms with Crippen molar-refractivity contribution in [2.75, 3.05) is 42.6 Å². The van der Waals surface area contributed by atoms with E-state index in [0.29, 0.717) is 19.1 Å². The van der Waals surface area contributed by atoms with E-state index in [4.69, 9.17) is 21.4 Å². The predicted molar refractivity (Wildman–Crippen MR) is 98.1 cm³/mol. The molecule has 4 rings (SSSR count). The zero-order chi connectivity index (χ0) is 18.1. The molecule has 2 fully saturated rings. The topological polar surface area (TPSA) is 90.8 Å². The summed E-state index contributed by atoms with van der Waals surface area (Å²) in [5.74, 6) is 1.45. The average Bonchev–Trinajstić information content (AvgIpc) is 2.63. The van der Waals surface area contributed by atoms with E-state index in [0.717, 1.165) is 56.8 Å². The van der Waals surface area contributed by atoms with Crippen LogP contribution in [0.3, 0.4) is 0 Å². The van der Waals surface area contributed by atoms with Gasteiger partial charge in [0.15, 0.2) is 5.82 Å². The smallest absolute Gasteiger partial charge is 0.404 e. The highest BCUT2D eigenvalue weighted by Crippen LogP contribution is 2.37. The van der Waals surface area contributed by atoms with E-state index in [1.165, 1.54) is 0 Å². The highest BCUT2D eigenvalue weighted by atomic mass is 35.5. The van der Waals surface area contributed by atoms with Gasteiger partial charge in [-0.1, -0.05) is 0 Å². The molecule has 0 unspecified atom stereocenters. The van der Waals surface area contributed by atoms with Gasteiger partial charge in [0.05, 0.1) is 31.1 Å². The molecule has 1 saturated heterocycles. The number of amides is 1. The Morgan fingerprint density at radius 3 is 2.96 bits per heavy atom. The maximum atomic E-state index is 10.8. The fraction of sp³-hybridized carbons (Fsp3) is 0.706. The zero-order valence-electron chi connectivity index (χ0n) is 14.6. The van der Waals surface area contributed by atoms with Crippen LogP contribution in [-0.4, -0.2) is 66.1 Å². The molecule has 0 spiro atoms. The van der Waals surface area contributed by atoms with Gasteiger partial charge in [-0.05, 0) is 43.2 Å². The Morgan fingerprint density at radius 1 is 1.38 bits per heavy atom. The van der Waals surface area contributed by atoms with Crippen LogP contribution in [0.25, 0.3) is 0 Å². The van der Waals surface area contributed by atoms with Gasteiger partial charge in [0.2, 0.25) is 5.28 Å². The number of fused-ring (bicyclic) bond motifs is 3. The molecular formula is C17H24ClN5O3. The van der Waals surface area contributed by atoms with Crippen LogP contribution in [0, 0.1) is 5.92 Å². The number of halogens is 1. The lowest BCUT2D eigenvalue weighted by Crippen LogP contribution is -2.56. The molecule has 2 aliphatic heterocycles.